The fraction of sp³-hybridized carbons (Fsp3) is 0.280. The molecule has 0 saturated carbocycles. The van der Waals surface area contributed by atoms with E-state index in [1.165, 1.54) is 4.68 Å². The lowest BCUT2D eigenvalue weighted by molar-refractivity contribution is -0.117. The van der Waals surface area contributed by atoms with Crippen molar-refractivity contribution >= 4 is 29.1 Å². The Kier molecular flexibility index (Phi) is 5.31. The number of aryl methyl sites for hydroxylation is 1. The molecular weight excluding hydrogens is 434 g/mol. The van der Waals surface area contributed by atoms with Gasteiger partial charge in [-0.1, -0.05) is 0 Å². The van der Waals surface area contributed by atoms with Crippen molar-refractivity contribution in [3.8, 4) is 11.4 Å². The van der Waals surface area contributed by atoms with Gasteiger partial charge in [-0.15, -0.1) is 0 Å². The van der Waals surface area contributed by atoms with Crippen molar-refractivity contribution < 1.29 is 19.1 Å². The number of methoxy groups -OCH3 is 1. The molecule has 0 bridgehead atoms. The second-order valence-corrected chi connectivity index (χ2v) is 8.48. The highest BCUT2D eigenvalue weighted by Gasteiger charge is 2.35. The summed E-state index contributed by atoms with van der Waals surface area (Å²) < 4.78 is 6.70. The van der Waals surface area contributed by atoms with Crippen LogP contribution < -0.4 is 20.3 Å². The fourth-order valence-corrected chi connectivity index (χ4v) is 4.73. The summed E-state index contributed by atoms with van der Waals surface area (Å²) in [5.41, 5.74) is 9.69. The van der Waals surface area contributed by atoms with E-state index in [-0.39, 0.29) is 17.5 Å². The van der Waals surface area contributed by atoms with E-state index in [0.29, 0.717) is 48.6 Å². The molecule has 174 valence electrons. The summed E-state index contributed by atoms with van der Waals surface area (Å²) in [5, 5.41) is 4.40. The molecule has 1 aromatic heterocycles. The van der Waals surface area contributed by atoms with Gasteiger partial charge in [-0.25, -0.2) is 4.68 Å². The van der Waals surface area contributed by atoms with Crippen molar-refractivity contribution in [2.24, 2.45) is 5.73 Å². The summed E-state index contributed by atoms with van der Waals surface area (Å²) in [6, 6.07) is 12.8. The number of nitrogens with two attached hydrogens (primary N) is 1. The van der Waals surface area contributed by atoms with Gasteiger partial charge < -0.3 is 20.3 Å². The first-order chi connectivity index (χ1) is 16.4. The zero-order valence-corrected chi connectivity index (χ0v) is 19.1. The van der Waals surface area contributed by atoms with E-state index in [9.17, 15) is 14.4 Å². The molecule has 34 heavy (non-hydrogen) atoms. The third-order valence-corrected chi connectivity index (χ3v) is 6.42. The van der Waals surface area contributed by atoms with E-state index in [4.69, 9.17) is 10.5 Å². The zero-order chi connectivity index (χ0) is 24.0. The summed E-state index contributed by atoms with van der Waals surface area (Å²) in [6.45, 7) is 3.03. The lowest BCUT2D eigenvalue weighted by Crippen LogP contribution is -2.39. The number of fused-ring (bicyclic) bond motifs is 1. The van der Waals surface area contributed by atoms with Crippen molar-refractivity contribution in [2.45, 2.75) is 26.2 Å². The van der Waals surface area contributed by atoms with Crippen LogP contribution in [0.1, 0.15) is 44.9 Å². The Hall–Kier alpha value is -4.14. The minimum atomic E-state index is -0.666. The number of primary amides is 1. The van der Waals surface area contributed by atoms with Crippen LogP contribution in [0.5, 0.6) is 5.75 Å². The Labute approximate surface area is 196 Å². The number of hydrogen-bond acceptors (Lipinski definition) is 5. The first-order valence-corrected chi connectivity index (χ1v) is 11.2. The monoisotopic (exact) mass is 459 g/mol. The maximum absolute atomic E-state index is 13.7. The Balaban J connectivity index is 1.54. The lowest BCUT2D eigenvalue weighted by atomic mass is 10.0. The standard InChI is InChI=1S/C25H25N5O4/c1-15-14-17(28-12-3-4-21(28)31)7-10-20(15)29-13-11-19-22(24(26)32)27-30(23(19)25(29)33)16-5-8-18(34-2)9-6-16/h5-10,14H,3-4,11-13H2,1-2H3,(H2,26,32). The van der Waals surface area contributed by atoms with Crippen LogP contribution in [0.2, 0.25) is 0 Å². The van der Waals surface area contributed by atoms with Gasteiger partial charge in [0.25, 0.3) is 11.8 Å². The third-order valence-electron chi connectivity index (χ3n) is 6.42. The number of benzene rings is 2. The second-order valence-electron chi connectivity index (χ2n) is 8.48. The highest BCUT2D eigenvalue weighted by Crippen LogP contribution is 2.33. The smallest absolute Gasteiger partial charge is 0.277 e. The maximum Gasteiger partial charge on any atom is 0.277 e. The summed E-state index contributed by atoms with van der Waals surface area (Å²) in [7, 11) is 1.57. The molecule has 3 amide bonds. The molecule has 2 aliphatic rings. The number of carbonyl (C=O) groups is 3. The minimum Gasteiger partial charge on any atom is -0.497 e. The van der Waals surface area contributed by atoms with Crippen LogP contribution in [-0.4, -0.2) is 47.7 Å². The molecule has 2 N–H and O–H groups in total. The molecule has 9 heteroatoms. The van der Waals surface area contributed by atoms with Gasteiger partial charge in [0.05, 0.1) is 12.8 Å². The van der Waals surface area contributed by atoms with Crippen molar-refractivity contribution in [2.75, 3.05) is 30.0 Å². The molecule has 0 unspecified atom stereocenters. The van der Waals surface area contributed by atoms with Gasteiger partial charge in [0.2, 0.25) is 5.91 Å². The van der Waals surface area contributed by atoms with E-state index in [0.717, 1.165) is 23.4 Å². The largest absolute Gasteiger partial charge is 0.497 e. The molecule has 0 radical (unpaired) electrons. The predicted molar refractivity (Wildman–Crippen MR) is 127 cm³/mol. The number of carbonyl (C=O) groups excluding carboxylic acids is 3. The van der Waals surface area contributed by atoms with E-state index in [2.05, 4.69) is 5.10 Å². The molecule has 3 heterocycles. The van der Waals surface area contributed by atoms with Crippen LogP contribution in [0.4, 0.5) is 11.4 Å². The van der Waals surface area contributed by atoms with Gasteiger partial charge >= 0.3 is 0 Å². The number of anilines is 2. The Morgan fingerprint density at radius 3 is 2.35 bits per heavy atom. The summed E-state index contributed by atoms with van der Waals surface area (Å²) >= 11 is 0. The first kappa shape index (κ1) is 21.7. The van der Waals surface area contributed by atoms with Gasteiger partial charge in [0, 0.05) is 36.4 Å². The van der Waals surface area contributed by atoms with Crippen LogP contribution >= 0.6 is 0 Å². The lowest BCUT2D eigenvalue weighted by Gasteiger charge is -2.29. The molecule has 5 rings (SSSR count). The molecular formula is C25H25N5O4. The SMILES string of the molecule is COc1ccc(-n2nc(C(N)=O)c3c2C(=O)N(c2ccc(N4CCCC4=O)cc2C)CC3)cc1. The number of amides is 3. The van der Waals surface area contributed by atoms with Gasteiger partial charge in [-0.3, -0.25) is 14.4 Å². The van der Waals surface area contributed by atoms with Crippen LogP contribution in [0, 0.1) is 6.92 Å². The molecule has 3 aromatic rings. The average molecular weight is 460 g/mol. The summed E-state index contributed by atoms with van der Waals surface area (Å²) in [4.78, 5) is 41.4. The highest BCUT2D eigenvalue weighted by molar-refractivity contribution is 6.10. The number of aromatic nitrogens is 2. The Morgan fingerprint density at radius 1 is 1.00 bits per heavy atom. The quantitative estimate of drug-likeness (QED) is 0.631. The predicted octanol–water partition coefficient (Wildman–Crippen LogP) is 2.62. The van der Waals surface area contributed by atoms with Gasteiger partial charge in [0.1, 0.15) is 11.4 Å². The molecule has 0 spiro atoms. The minimum absolute atomic E-state index is 0.110. The second kappa shape index (κ2) is 8.33. The highest BCUT2D eigenvalue weighted by atomic mass is 16.5. The van der Waals surface area contributed by atoms with Crippen molar-refractivity contribution in [3.63, 3.8) is 0 Å². The first-order valence-electron chi connectivity index (χ1n) is 11.2. The van der Waals surface area contributed by atoms with Gasteiger partial charge in [0.15, 0.2) is 5.69 Å². The summed E-state index contributed by atoms with van der Waals surface area (Å²) in [6.07, 6.45) is 1.86. The maximum atomic E-state index is 13.7. The van der Waals surface area contributed by atoms with E-state index >= 15 is 0 Å². The number of rotatable bonds is 5. The van der Waals surface area contributed by atoms with Crippen LogP contribution in [0.25, 0.3) is 5.69 Å². The molecule has 0 aliphatic carbocycles. The van der Waals surface area contributed by atoms with Crippen molar-refractivity contribution in [1.82, 2.24) is 9.78 Å². The van der Waals surface area contributed by atoms with E-state index in [1.807, 2.05) is 25.1 Å². The molecule has 2 aromatic carbocycles. The molecule has 1 saturated heterocycles. The van der Waals surface area contributed by atoms with E-state index in [1.54, 1.807) is 41.2 Å². The Bertz CT molecular complexity index is 1310. The number of nitrogens with zero attached hydrogens (tertiary/aromatic N) is 4. The third kappa shape index (κ3) is 3.49. The van der Waals surface area contributed by atoms with Crippen molar-refractivity contribution in [3.05, 3.63) is 65.0 Å². The topological polar surface area (TPSA) is 111 Å². The van der Waals surface area contributed by atoms with Crippen molar-refractivity contribution in [1.29, 1.82) is 0 Å². The number of hydrogen-bond donors (Lipinski definition) is 1. The van der Waals surface area contributed by atoms with Crippen LogP contribution in [0.15, 0.2) is 42.5 Å². The fourth-order valence-electron chi connectivity index (χ4n) is 4.73. The van der Waals surface area contributed by atoms with Gasteiger partial charge in [-0.2, -0.15) is 5.10 Å². The molecule has 9 nitrogen and oxygen atoms in total. The van der Waals surface area contributed by atoms with Crippen LogP contribution in [-0.2, 0) is 11.2 Å². The zero-order valence-electron chi connectivity index (χ0n) is 19.1. The normalized spacial score (nSPS) is 15.6. The molecule has 2 aliphatic heterocycles. The average Bonchev–Trinajstić information content (AvgIpc) is 3.44. The number of ether oxygens (including phenoxy) is 1. The van der Waals surface area contributed by atoms with Crippen LogP contribution in [0.3, 0.4) is 0 Å². The Morgan fingerprint density at radius 2 is 1.74 bits per heavy atom. The molecule has 1 fully saturated rings. The molecule has 0 atom stereocenters. The van der Waals surface area contributed by atoms with Gasteiger partial charge in [-0.05, 0) is 67.8 Å². The van der Waals surface area contributed by atoms with E-state index < -0.39 is 5.91 Å². The summed E-state index contributed by atoms with van der Waals surface area (Å²) in [5.74, 6) is -0.140.